The topological polar surface area (TPSA) is 90.2 Å². The number of carboxylic acid groups (broad SMARTS) is 1. The second-order valence-corrected chi connectivity index (χ2v) is 7.54. The number of hydrogen-bond donors (Lipinski definition) is 2. The molecular weight excluding hydrogens is 432 g/mol. The first-order valence-electron chi connectivity index (χ1n) is 8.01. The molecule has 1 amide bonds. The van der Waals surface area contributed by atoms with E-state index in [-0.39, 0.29) is 17.2 Å². The molecule has 8 heteroatoms. The molecule has 2 aromatic carbocycles. The smallest absolute Gasteiger partial charge is 0.335 e. The highest BCUT2D eigenvalue weighted by Gasteiger charge is 2.32. The van der Waals surface area contributed by atoms with E-state index in [1.807, 2.05) is 6.92 Å². The lowest BCUT2D eigenvalue weighted by Gasteiger charge is -2.12. The number of carboxylic acids is 1. The van der Waals surface area contributed by atoms with E-state index in [1.54, 1.807) is 36.4 Å². The van der Waals surface area contributed by atoms with Crippen molar-refractivity contribution in [3.8, 4) is 5.75 Å². The van der Waals surface area contributed by atoms with Gasteiger partial charge in [-0.1, -0.05) is 22.0 Å². The van der Waals surface area contributed by atoms with Crippen LogP contribution in [0.4, 0.5) is 5.69 Å². The number of aliphatic imine (C=N–C) groups is 1. The SMILES string of the molecule is CCN1C(=O)C(=Cc2cc(Br)ccc2O)SC1=Nc1cccc(C(=O)O)c1. The Morgan fingerprint density at radius 1 is 1.30 bits per heavy atom. The number of likely N-dealkylation sites (N-methyl/N-ethyl adjacent to an activating group) is 1. The van der Waals surface area contributed by atoms with Crippen molar-refractivity contribution >= 4 is 56.5 Å². The van der Waals surface area contributed by atoms with Crippen molar-refractivity contribution in [3.63, 3.8) is 0 Å². The third-order valence-electron chi connectivity index (χ3n) is 3.80. The Kier molecular flexibility index (Phi) is 5.67. The zero-order valence-corrected chi connectivity index (χ0v) is 16.6. The number of thioether (sulfide) groups is 1. The largest absolute Gasteiger partial charge is 0.507 e. The number of halogens is 1. The second-order valence-electron chi connectivity index (χ2n) is 5.61. The number of hydrogen-bond acceptors (Lipinski definition) is 5. The van der Waals surface area contributed by atoms with E-state index in [4.69, 9.17) is 5.11 Å². The van der Waals surface area contributed by atoms with Crippen LogP contribution < -0.4 is 0 Å². The minimum absolute atomic E-state index is 0.0710. The number of amides is 1. The summed E-state index contributed by atoms with van der Waals surface area (Å²) in [6, 6.07) is 11.2. The Morgan fingerprint density at radius 2 is 2.07 bits per heavy atom. The summed E-state index contributed by atoms with van der Waals surface area (Å²) in [7, 11) is 0. The van der Waals surface area contributed by atoms with Gasteiger partial charge in [0.25, 0.3) is 5.91 Å². The number of benzene rings is 2. The molecule has 0 unspecified atom stereocenters. The molecule has 0 atom stereocenters. The number of aromatic carboxylic acids is 1. The van der Waals surface area contributed by atoms with E-state index in [9.17, 15) is 14.7 Å². The Hall–Kier alpha value is -2.58. The van der Waals surface area contributed by atoms with Crippen molar-refractivity contribution < 1.29 is 19.8 Å². The molecule has 27 heavy (non-hydrogen) atoms. The Balaban J connectivity index is 1.97. The molecule has 0 bridgehead atoms. The maximum Gasteiger partial charge on any atom is 0.335 e. The molecule has 2 aromatic rings. The molecule has 1 heterocycles. The molecular formula is C19H15BrN2O4S. The highest BCUT2D eigenvalue weighted by molar-refractivity contribution is 9.10. The summed E-state index contributed by atoms with van der Waals surface area (Å²) in [5.41, 5.74) is 1.10. The van der Waals surface area contributed by atoms with Gasteiger partial charge in [-0.25, -0.2) is 9.79 Å². The molecule has 0 saturated carbocycles. The van der Waals surface area contributed by atoms with Gasteiger partial charge in [0.1, 0.15) is 5.75 Å². The predicted molar refractivity (Wildman–Crippen MR) is 109 cm³/mol. The van der Waals surface area contributed by atoms with E-state index < -0.39 is 5.97 Å². The van der Waals surface area contributed by atoms with Crippen LogP contribution in [0.2, 0.25) is 0 Å². The molecule has 2 N–H and O–H groups in total. The lowest BCUT2D eigenvalue weighted by molar-refractivity contribution is -0.122. The van der Waals surface area contributed by atoms with E-state index >= 15 is 0 Å². The average Bonchev–Trinajstić information content (AvgIpc) is 2.93. The number of rotatable bonds is 4. The maximum absolute atomic E-state index is 12.7. The Bertz CT molecular complexity index is 987. The summed E-state index contributed by atoms with van der Waals surface area (Å²) in [5, 5.41) is 19.6. The number of phenolic OH excluding ortho intramolecular Hbond substituents is 1. The molecule has 1 aliphatic rings. The standard InChI is InChI=1S/C19H15BrN2O4S/c1-2-22-17(24)16(10-12-8-13(20)6-7-15(12)23)27-19(22)21-14-5-3-4-11(9-14)18(25)26/h3-10,23H,2H2,1H3,(H,25,26). The van der Waals surface area contributed by atoms with Crippen LogP contribution in [0.5, 0.6) is 5.75 Å². The number of aromatic hydroxyl groups is 1. The van der Waals surface area contributed by atoms with E-state index in [0.717, 1.165) is 4.47 Å². The van der Waals surface area contributed by atoms with Crippen LogP contribution in [-0.4, -0.2) is 38.7 Å². The second kappa shape index (κ2) is 7.98. The number of carbonyl (C=O) groups is 2. The van der Waals surface area contributed by atoms with Crippen molar-refractivity contribution in [2.45, 2.75) is 6.92 Å². The first kappa shape index (κ1) is 19.2. The van der Waals surface area contributed by atoms with Crippen LogP contribution in [0.15, 0.2) is 56.8 Å². The fraction of sp³-hybridized carbons (Fsp3) is 0.105. The van der Waals surface area contributed by atoms with Gasteiger partial charge < -0.3 is 10.2 Å². The fourth-order valence-corrected chi connectivity index (χ4v) is 3.90. The van der Waals surface area contributed by atoms with Crippen LogP contribution >= 0.6 is 27.7 Å². The maximum atomic E-state index is 12.7. The van der Waals surface area contributed by atoms with Crippen molar-refractivity contribution in [1.82, 2.24) is 4.90 Å². The molecule has 6 nitrogen and oxygen atoms in total. The molecule has 0 spiro atoms. The summed E-state index contributed by atoms with van der Waals surface area (Å²) in [5.74, 6) is -1.18. The zero-order chi connectivity index (χ0) is 19.6. The molecule has 1 saturated heterocycles. The molecule has 1 aliphatic heterocycles. The van der Waals surface area contributed by atoms with Crippen LogP contribution in [0.25, 0.3) is 6.08 Å². The van der Waals surface area contributed by atoms with Gasteiger partial charge in [-0.05, 0) is 61.2 Å². The van der Waals surface area contributed by atoms with Crippen LogP contribution in [0, 0.1) is 0 Å². The average molecular weight is 447 g/mol. The molecule has 138 valence electrons. The minimum Gasteiger partial charge on any atom is -0.507 e. The van der Waals surface area contributed by atoms with Gasteiger partial charge in [0.15, 0.2) is 5.17 Å². The van der Waals surface area contributed by atoms with E-state index in [1.165, 1.54) is 28.8 Å². The fourth-order valence-electron chi connectivity index (χ4n) is 2.47. The minimum atomic E-state index is -1.04. The van der Waals surface area contributed by atoms with Gasteiger partial charge >= 0.3 is 5.97 Å². The van der Waals surface area contributed by atoms with E-state index in [2.05, 4.69) is 20.9 Å². The van der Waals surface area contributed by atoms with Gasteiger partial charge in [0.05, 0.1) is 16.2 Å². The van der Waals surface area contributed by atoms with Crippen molar-refractivity contribution in [1.29, 1.82) is 0 Å². The van der Waals surface area contributed by atoms with Gasteiger partial charge in [-0.2, -0.15) is 0 Å². The van der Waals surface area contributed by atoms with Gasteiger partial charge in [0.2, 0.25) is 0 Å². The van der Waals surface area contributed by atoms with Gasteiger partial charge in [-0.3, -0.25) is 9.69 Å². The summed E-state index contributed by atoms with van der Waals surface area (Å²) >= 11 is 4.53. The number of phenols is 1. The third-order valence-corrected chi connectivity index (χ3v) is 5.30. The van der Waals surface area contributed by atoms with Crippen molar-refractivity contribution in [2.75, 3.05) is 6.54 Å². The normalized spacial score (nSPS) is 17.1. The molecule has 3 rings (SSSR count). The summed E-state index contributed by atoms with van der Waals surface area (Å²) in [6.45, 7) is 2.26. The Morgan fingerprint density at radius 3 is 2.78 bits per heavy atom. The summed E-state index contributed by atoms with van der Waals surface area (Å²) in [4.78, 5) is 30.2. The highest BCUT2D eigenvalue weighted by Crippen LogP contribution is 2.35. The van der Waals surface area contributed by atoms with Crippen LogP contribution in [0.1, 0.15) is 22.8 Å². The number of nitrogens with zero attached hydrogens (tertiary/aromatic N) is 2. The van der Waals surface area contributed by atoms with E-state index in [0.29, 0.717) is 27.9 Å². The monoisotopic (exact) mass is 446 g/mol. The predicted octanol–water partition coefficient (Wildman–Crippen LogP) is 4.48. The van der Waals surface area contributed by atoms with Gasteiger partial charge in [-0.15, -0.1) is 0 Å². The number of carbonyl (C=O) groups excluding carboxylic acids is 1. The number of amidine groups is 1. The summed E-state index contributed by atoms with van der Waals surface area (Å²) < 4.78 is 0.786. The third kappa shape index (κ3) is 4.23. The van der Waals surface area contributed by atoms with Crippen LogP contribution in [0.3, 0.4) is 0 Å². The summed E-state index contributed by atoms with van der Waals surface area (Å²) in [6.07, 6.45) is 1.62. The lowest BCUT2D eigenvalue weighted by atomic mass is 10.2. The quantitative estimate of drug-likeness (QED) is 0.675. The first-order valence-corrected chi connectivity index (χ1v) is 9.62. The molecule has 0 aliphatic carbocycles. The molecule has 1 fully saturated rings. The molecule has 0 aromatic heterocycles. The zero-order valence-electron chi connectivity index (χ0n) is 14.2. The highest BCUT2D eigenvalue weighted by atomic mass is 79.9. The van der Waals surface area contributed by atoms with Gasteiger partial charge in [0, 0.05) is 16.6 Å². The van der Waals surface area contributed by atoms with Crippen molar-refractivity contribution in [2.24, 2.45) is 4.99 Å². The first-order chi connectivity index (χ1) is 12.9. The lowest BCUT2D eigenvalue weighted by Crippen LogP contribution is -2.28. The molecule has 0 radical (unpaired) electrons. The van der Waals surface area contributed by atoms with Crippen LogP contribution in [-0.2, 0) is 4.79 Å². The van der Waals surface area contributed by atoms with Crippen molar-refractivity contribution in [3.05, 3.63) is 63.0 Å². The Labute approximate surface area is 168 Å².